The molecule has 0 atom stereocenters. The minimum absolute atomic E-state index is 0.101. The Hall–Kier alpha value is -1.90. The van der Waals surface area contributed by atoms with E-state index in [-0.39, 0.29) is 6.10 Å². The van der Waals surface area contributed by atoms with Gasteiger partial charge in [0.2, 0.25) is 5.88 Å². The molecule has 0 unspecified atom stereocenters. The summed E-state index contributed by atoms with van der Waals surface area (Å²) in [6.07, 6.45) is 6.66. The van der Waals surface area contributed by atoms with Crippen molar-refractivity contribution in [3.63, 3.8) is 0 Å². The van der Waals surface area contributed by atoms with Gasteiger partial charge < -0.3 is 4.74 Å². The van der Waals surface area contributed by atoms with Gasteiger partial charge in [-0.3, -0.25) is 0 Å². The number of aromatic nitrogens is 2. The molecule has 1 aliphatic carbocycles. The van der Waals surface area contributed by atoms with E-state index in [0.717, 1.165) is 29.6 Å². The van der Waals surface area contributed by atoms with Gasteiger partial charge in [0.25, 0.3) is 0 Å². The van der Waals surface area contributed by atoms with Crippen LogP contribution in [-0.4, -0.2) is 16.1 Å². The van der Waals surface area contributed by atoms with E-state index in [9.17, 15) is 0 Å². The van der Waals surface area contributed by atoms with Crippen molar-refractivity contribution in [3.8, 4) is 5.88 Å². The SMILES string of the molecule is CC(C)Oc1nc2c3c(ccc2nc1C(C)C)CCC=C3. The lowest BCUT2D eigenvalue weighted by Crippen LogP contribution is -2.12. The molecule has 0 bridgehead atoms. The maximum absolute atomic E-state index is 5.91. The van der Waals surface area contributed by atoms with Crippen molar-refractivity contribution in [3.05, 3.63) is 35.0 Å². The monoisotopic (exact) mass is 282 g/mol. The number of fused-ring (bicyclic) bond motifs is 3. The molecule has 3 nitrogen and oxygen atoms in total. The van der Waals surface area contributed by atoms with Crippen LogP contribution in [0.1, 0.15) is 56.9 Å². The molecule has 0 N–H and O–H groups in total. The highest BCUT2D eigenvalue weighted by molar-refractivity contribution is 5.87. The minimum Gasteiger partial charge on any atom is -0.474 e. The van der Waals surface area contributed by atoms with Gasteiger partial charge >= 0.3 is 0 Å². The van der Waals surface area contributed by atoms with Gasteiger partial charge in [0.1, 0.15) is 11.2 Å². The molecule has 0 fully saturated rings. The molecule has 0 spiro atoms. The topological polar surface area (TPSA) is 35.0 Å². The number of allylic oxidation sites excluding steroid dienone is 1. The van der Waals surface area contributed by atoms with Gasteiger partial charge in [-0.25, -0.2) is 9.97 Å². The summed E-state index contributed by atoms with van der Waals surface area (Å²) in [4.78, 5) is 9.63. The molecule has 1 aromatic carbocycles. The summed E-state index contributed by atoms with van der Waals surface area (Å²) in [5.41, 5.74) is 5.42. The number of nitrogens with zero attached hydrogens (tertiary/aromatic N) is 2. The van der Waals surface area contributed by atoms with Gasteiger partial charge in [-0.15, -0.1) is 0 Å². The van der Waals surface area contributed by atoms with E-state index in [1.54, 1.807) is 0 Å². The van der Waals surface area contributed by atoms with Crippen molar-refractivity contribution in [2.75, 3.05) is 0 Å². The van der Waals surface area contributed by atoms with Crippen LogP contribution in [0.2, 0.25) is 0 Å². The first-order chi connectivity index (χ1) is 10.1. The fourth-order valence-corrected chi connectivity index (χ4v) is 2.71. The van der Waals surface area contributed by atoms with Crippen molar-refractivity contribution in [1.82, 2.24) is 9.97 Å². The number of hydrogen-bond donors (Lipinski definition) is 0. The second-order valence-electron chi connectivity index (χ2n) is 6.18. The first kappa shape index (κ1) is 14.1. The van der Waals surface area contributed by atoms with E-state index in [1.807, 2.05) is 13.8 Å². The summed E-state index contributed by atoms with van der Waals surface area (Å²) in [6.45, 7) is 8.30. The summed E-state index contributed by atoms with van der Waals surface area (Å²) in [5.74, 6) is 0.974. The number of rotatable bonds is 3. The van der Waals surface area contributed by atoms with Gasteiger partial charge in [-0.05, 0) is 38.3 Å². The standard InChI is InChI=1S/C18H22N2O/c1-11(2)16-18(21-12(3)4)20-17-14-8-6-5-7-13(14)9-10-15(17)19-16/h6,8-12H,5,7H2,1-4H3. The van der Waals surface area contributed by atoms with Crippen LogP contribution in [0.5, 0.6) is 5.88 Å². The highest BCUT2D eigenvalue weighted by Crippen LogP contribution is 2.31. The zero-order chi connectivity index (χ0) is 15.0. The molecule has 3 heteroatoms. The van der Waals surface area contributed by atoms with Crippen molar-refractivity contribution < 1.29 is 4.74 Å². The number of benzene rings is 1. The van der Waals surface area contributed by atoms with E-state index in [1.165, 1.54) is 11.1 Å². The lowest BCUT2D eigenvalue weighted by atomic mass is 9.96. The van der Waals surface area contributed by atoms with E-state index >= 15 is 0 Å². The van der Waals surface area contributed by atoms with Gasteiger partial charge in [0, 0.05) is 11.5 Å². The predicted octanol–water partition coefficient (Wildman–Crippen LogP) is 4.50. The summed E-state index contributed by atoms with van der Waals surface area (Å²) in [7, 11) is 0. The van der Waals surface area contributed by atoms with E-state index in [2.05, 4.69) is 38.1 Å². The molecule has 0 aliphatic heterocycles. The average Bonchev–Trinajstić information content (AvgIpc) is 2.45. The van der Waals surface area contributed by atoms with Crippen molar-refractivity contribution in [2.24, 2.45) is 0 Å². The Kier molecular flexibility index (Phi) is 3.66. The van der Waals surface area contributed by atoms with Crippen molar-refractivity contribution in [2.45, 2.75) is 52.6 Å². The maximum Gasteiger partial charge on any atom is 0.236 e. The first-order valence-electron chi connectivity index (χ1n) is 7.73. The number of ether oxygens (including phenoxy) is 1. The third kappa shape index (κ3) is 2.65. The summed E-state index contributed by atoms with van der Waals surface area (Å²) in [6, 6.07) is 4.27. The Bertz CT molecular complexity index is 702. The second kappa shape index (κ2) is 5.47. The molecule has 0 amide bonds. The molecule has 1 heterocycles. The second-order valence-corrected chi connectivity index (χ2v) is 6.18. The van der Waals surface area contributed by atoms with Crippen LogP contribution >= 0.6 is 0 Å². The summed E-state index contributed by atoms with van der Waals surface area (Å²) in [5, 5.41) is 0. The molecular formula is C18H22N2O. The molecule has 1 aromatic heterocycles. The van der Waals surface area contributed by atoms with E-state index in [4.69, 9.17) is 14.7 Å². The largest absolute Gasteiger partial charge is 0.474 e. The Morgan fingerprint density at radius 2 is 1.90 bits per heavy atom. The molecule has 0 radical (unpaired) electrons. The highest BCUT2D eigenvalue weighted by atomic mass is 16.5. The number of hydrogen-bond acceptors (Lipinski definition) is 3. The van der Waals surface area contributed by atoms with Gasteiger partial charge in [0.05, 0.1) is 11.6 Å². The minimum atomic E-state index is 0.101. The third-order valence-corrected chi connectivity index (χ3v) is 3.72. The Morgan fingerprint density at radius 3 is 2.62 bits per heavy atom. The molecule has 3 rings (SSSR count). The summed E-state index contributed by atoms with van der Waals surface area (Å²) >= 11 is 0. The van der Waals surface area contributed by atoms with Crippen molar-refractivity contribution in [1.29, 1.82) is 0 Å². The molecule has 0 saturated heterocycles. The van der Waals surface area contributed by atoms with Gasteiger partial charge in [0.15, 0.2) is 0 Å². The van der Waals surface area contributed by atoms with Gasteiger partial charge in [-0.1, -0.05) is 32.1 Å². The molecule has 2 aromatic rings. The normalized spacial score (nSPS) is 14.0. The Labute approximate surface area is 126 Å². The molecular weight excluding hydrogens is 260 g/mol. The summed E-state index contributed by atoms with van der Waals surface area (Å²) < 4.78 is 5.91. The van der Waals surface area contributed by atoms with Crippen LogP contribution in [0.15, 0.2) is 18.2 Å². The zero-order valence-corrected chi connectivity index (χ0v) is 13.2. The fraction of sp³-hybridized carbons (Fsp3) is 0.444. The average molecular weight is 282 g/mol. The van der Waals surface area contributed by atoms with Gasteiger partial charge in [-0.2, -0.15) is 0 Å². The molecule has 21 heavy (non-hydrogen) atoms. The predicted molar refractivity (Wildman–Crippen MR) is 86.7 cm³/mol. The first-order valence-corrected chi connectivity index (χ1v) is 7.73. The fourth-order valence-electron chi connectivity index (χ4n) is 2.71. The molecule has 0 saturated carbocycles. The Balaban J connectivity index is 2.24. The number of aryl methyl sites for hydroxylation is 1. The van der Waals surface area contributed by atoms with Crippen LogP contribution in [-0.2, 0) is 6.42 Å². The third-order valence-electron chi connectivity index (χ3n) is 3.72. The van der Waals surface area contributed by atoms with Crippen LogP contribution in [0.3, 0.4) is 0 Å². The van der Waals surface area contributed by atoms with E-state index in [0.29, 0.717) is 11.8 Å². The molecule has 110 valence electrons. The smallest absolute Gasteiger partial charge is 0.236 e. The van der Waals surface area contributed by atoms with Crippen molar-refractivity contribution >= 4 is 17.1 Å². The van der Waals surface area contributed by atoms with Crippen LogP contribution in [0.4, 0.5) is 0 Å². The lowest BCUT2D eigenvalue weighted by Gasteiger charge is -2.18. The molecule has 1 aliphatic rings. The van der Waals surface area contributed by atoms with Crippen LogP contribution in [0.25, 0.3) is 17.1 Å². The van der Waals surface area contributed by atoms with E-state index < -0.39 is 0 Å². The lowest BCUT2D eigenvalue weighted by molar-refractivity contribution is 0.228. The quantitative estimate of drug-likeness (QED) is 0.831. The van der Waals surface area contributed by atoms with Crippen LogP contribution in [0, 0.1) is 0 Å². The highest BCUT2D eigenvalue weighted by Gasteiger charge is 2.18. The maximum atomic E-state index is 5.91. The zero-order valence-electron chi connectivity index (χ0n) is 13.2. The Morgan fingerprint density at radius 1 is 1.10 bits per heavy atom. The van der Waals surface area contributed by atoms with Crippen LogP contribution < -0.4 is 4.74 Å².